The summed E-state index contributed by atoms with van der Waals surface area (Å²) < 4.78 is 10.0. The van der Waals surface area contributed by atoms with Crippen molar-refractivity contribution in [3.05, 3.63) is 24.3 Å². The van der Waals surface area contributed by atoms with E-state index >= 15 is 0 Å². The largest absolute Gasteiger partial charge is 0.382 e. The van der Waals surface area contributed by atoms with Crippen LogP contribution in [-0.2, 0) is 14.3 Å². The Balaban J connectivity index is 2.50. The molecular weight excluding hydrogens is 288 g/mol. The monoisotopic (exact) mass is 308 g/mol. The fraction of sp³-hybridized carbons (Fsp3) is 0.467. The van der Waals surface area contributed by atoms with E-state index in [2.05, 4.69) is 11.4 Å². The Labute approximate surface area is 129 Å². The minimum absolute atomic E-state index is 0.00302. The third-order valence-electron chi connectivity index (χ3n) is 2.54. The van der Waals surface area contributed by atoms with Crippen molar-refractivity contribution in [2.75, 3.05) is 38.0 Å². The van der Waals surface area contributed by atoms with Crippen LogP contribution in [-0.4, -0.2) is 38.6 Å². The molecule has 1 aromatic rings. The third-order valence-corrected chi connectivity index (χ3v) is 3.87. The van der Waals surface area contributed by atoms with Crippen LogP contribution in [0.5, 0.6) is 0 Å². The molecule has 0 bridgehead atoms. The minimum atomic E-state index is -0.201. The van der Waals surface area contributed by atoms with Crippen molar-refractivity contribution in [2.45, 2.75) is 11.8 Å². The van der Waals surface area contributed by atoms with E-state index in [0.29, 0.717) is 19.0 Å². The Bertz CT molecular complexity index is 488. The van der Waals surface area contributed by atoms with Crippen molar-refractivity contribution in [3.63, 3.8) is 0 Å². The number of hydrogen-bond acceptors (Lipinski definition) is 5. The van der Waals surface area contributed by atoms with Gasteiger partial charge in [0.25, 0.3) is 0 Å². The molecule has 114 valence electrons. The number of carbonyl (C=O) groups is 1. The van der Waals surface area contributed by atoms with Gasteiger partial charge in [0.15, 0.2) is 0 Å². The first-order chi connectivity index (χ1) is 10.2. The van der Waals surface area contributed by atoms with Gasteiger partial charge in [-0.3, -0.25) is 4.79 Å². The first-order valence-corrected chi connectivity index (χ1v) is 7.64. The summed E-state index contributed by atoms with van der Waals surface area (Å²) in [4.78, 5) is 12.7. The standard InChI is InChI=1S/C15H20N2O3S/c1-12(9-16)11-21-14-6-4-3-5-13(14)17-15(18)10-20-8-7-19-2/h3-6,12H,7-8,10-11H2,1-2H3,(H,17,18). The number of ether oxygens (including phenoxy) is 2. The summed E-state index contributed by atoms with van der Waals surface area (Å²) in [5.74, 6) is 0.455. The number of benzene rings is 1. The van der Waals surface area contributed by atoms with Crippen LogP contribution >= 0.6 is 11.8 Å². The zero-order chi connectivity index (χ0) is 15.5. The smallest absolute Gasteiger partial charge is 0.250 e. The average Bonchev–Trinajstić information content (AvgIpc) is 2.50. The number of nitrogens with zero attached hydrogens (tertiary/aromatic N) is 1. The summed E-state index contributed by atoms with van der Waals surface area (Å²) in [5, 5.41) is 11.6. The number of nitrogens with one attached hydrogen (secondary N) is 1. The second-order valence-electron chi connectivity index (χ2n) is 4.43. The number of nitriles is 1. The molecule has 0 aliphatic carbocycles. The van der Waals surface area contributed by atoms with Gasteiger partial charge in [-0.1, -0.05) is 12.1 Å². The van der Waals surface area contributed by atoms with E-state index in [9.17, 15) is 4.79 Å². The fourth-order valence-corrected chi connectivity index (χ4v) is 2.39. The zero-order valence-electron chi connectivity index (χ0n) is 12.3. The van der Waals surface area contributed by atoms with E-state index < -0.39 is 0 Å². The molecule has 1 atom stereocenters. The van der Waals surface area contributed by atoms with Crippen LogP contribution in [0, 0.1) is 17.2 Å². The molecule has 5 nitrogen and oxygen atoms in total. The number of thioether (sulfide) groups is 1. The molecule has 0 aromatic heterocycles. The van der Waals surface area contributed by atoms with E-state index in [1.807, 2.05) is 31.2 Å². The van der Waals surface area contributed by atoms with Crippen LogP contribution in [0.25, 0.3) is 0 Å². The van der Waals surface area contributed by atoms with Gasteiger partial charge in [-0.2, -0.15) is 5.26 Å². The predicted octanol–water partition coefficient (Wildman–Crippen LogP) is 2.54. The Morgan fingerprint density at radius 1 is 1.43 bits per heavy atom. The summed E-state index contributed by atoms with van der Waals surface area (Å²) in [5.41, 5.74) is 0.744. The number of methoxy groups -OCH3 is 1. The van der Waals surface area contributed by atoms with Crippen molar-refractivity contribution in [3.8, 4) is 6.07 Å². The highest BCUT2D eigenvalue weighted by Crippen LogP contribution is 2.28. The van der Waals surface area contributed by atoms with Crippen LogP contribution in [0.2, 0.25) is 0 Å². The minimum Gasteiger partial charge on any atom is -0.382 e. The molecule has 21 heavy (non-hydrogen) atoms. The van der Waals surface area contributed by atoms with Gasteiger partial charge in [-0.15, -0.1) is 11.8 Å². The van der Waals surface area contributed by atoms with Crippen molar-refractivity contribution in [1.29, 1.82) is 5.26 Å². The number of hydrogen-bond donors (Lipinski definition) is 1. The van der Waals surface area contributed by atoms with Gasteiger partial charge < -0.3 is 14.8 Å². The zero-order valence-corrected chi connectivity index (χ0v) is 13.1. The highest BCUT2D eigenvalue weighted by molar-refractivity contribution is 7.99. The van der Waals surface area contributed by atoms with Gasteiger partial charge in [0.05, 0.1) is 30.9 Å². The summed E-state index contributed by atoms with van der Waals surface area (Å²) in [6.45, 7) is 2.72. The van der Waals surface area contributed by atoms with Crippen molar-refractivity contribution < 1.29 is 14.3 Å². The van der Waals surface area contributed by atoms with E-state index in [-0.39, 0.29) is 18.4 Å². The topological polar surface area (TPSA) is 71.3 Å². The van der Waals surface area contributed by atoms with Gasteiger partial charge in [-0.05, 0) is 19.1 Å². The molecule has 1 unspecified atom stereocenters. The van der Waals surface area contributed by atoms with E-state index in [0.717, 1.165) is 10.6 Å². The van der Waals surface area contributed by atoms with E-state index in [1.54, 1.807) is 18.9 Å². The van der Waals surface area contributed by atoms with Gasteiger partial charge in [-0.25, -0.2) is 0 Å². The molecule has 1 amide bonds. The lowest BCUT2D eigenvalue weighted by atomic mass is 10.3. The van der Waals surface area contributed by atoms with Gasteiger partial charge in [0.1, 0.15) is 6.61 Å². The maximum absolute atomic E-state index is 11.8. The van der Waals surface area contributed by atoms with Gasteiger partial charge in [0.2, 0.25) is 5.91 Å². The number of amides is 1. The van der Waals surface area contributed by atoms with Gasteiger partial charge >= 0.3 is 0 Å². The van der Waals surface area contributed by atoms with Crippen molar-refractivity contribution >= 4 is 23.4 Å². The Morgan fingerprint density at radius 3 is 2.90 bits per heavy atom. The highest BCUT2D eigenvalue weighted by Gasteiger charge is 2.08. The first-order valence-electron chi connectivity index (χ1n) is 6.65. The van der Waals surface area contributed by atoms with Crippen LogP contribution < -0.4 is 5.32 Å². The average molecular weight is 308 g/mol. The molecule has 1 rings (SSSR count). The van der Waals surface area contributed by atoms with Crippen LogP contribution in [0.4, 0.5) is 5.69 Å². The molecule has 0 aliphatic heterocycles. The Hall–Kier alpha value is -1.55. The van der Waals surface area contributed by atoms with Gasteiger partial charge in [0, 0.05) is 17.8 Å². The molecule has 0 saturated heterocycles. The highest BCUT2D eigenvalue weighted by atomic mass is 32.2. The summed E-state index contributed by atoms with van der Waals surface area (Å²) in [6.07, 6.45) is 0. The Morgan fingerprint density at radius 2 is 2.19 bits per heavy atom. The normalized spacial score (nSPS) is 11.7. The molecular formula is C15H20N2O3S. The molecule has 0 spiro atoms. The molecule has 0 heterocycles. The molecule has 1 aromatic carbocycles. The second kappa shape index (κ2) is 10.2. The van der Waals surface area contributed by atoms with E-state index in [1.165, 1.54) is 0 Å². The molecule has 0 aliphatic rings. The third kappa shape index (κ3) is 7.14. The van der Waals surface area contributed by atoms with Crippen LogP contribution in [0.15, 0.2) is 29.2 Å². The predicted molar refractivity (Wildman–Crippen MR) is 83.3 cm³/mol. The molecule has 0 fully saturated rings. The summed E-state index contributed by atoms with van der Waals surface area (Å²) in [6, 6.07) is 9.73. The maximum Gasteiger partial charge on any atom is 0.250 e. The number of rotatable bonds is 9. The molecule has 0 saturated carbocycles. The quantitative estimate of drug-likeness (QED) is 0.561. The molecule has 1 N–H and O–H groups in total. The number of carbonyl (C=O) groups excluding carboxylic acids is 1. The fourth-order valence-electron chi connectivity index (χ4n) is 1.44. The lowest BCUT2D eigenvalue weighted by molar-refractivity contribution is -0.121. The lowest BCUT2D eigenvalue weighted by Crippen LogP contribution is -2.20. The van der Waals surface area contributed by atoms with E-state index in [4.69, 9.17) is 14.7 Å². The first kappa shape index (κ1) is 17.5. The summed E-state index contributed by atoms with van der Waals surface area (Å²) >= 11 is 1.56. The lowest BCUT2D eigenvalue weighted by Gasteiger charge is -2.11. The maximum atomic E-state index is 11.8. The number of anilines is 1. The number of para-hydroxylation sites is 1. The van der Waals surface area contributed by atoms with Crippen LogP contribution in [0.1, 0.15) is 6.92 Å². The Kier molecular flexibility index (Phi) is 8.51. The summed E-state index contributed by atoms with van der Waals surface area (Å²) in [7, 11) is 1.58. The van der Waals surface area contributed by atoms with Crippen molar-refractivity contribution in [1.82, 2.24) is 0 Å². The SMILES string of the molecule is COCCOCC(=O)Nc1ccccc1SCC(C)C#N. The molecule has 0 radical (unpaired) electrons. The second-order valence-corrected chi connectivity index (χ2v) is 5.49. The van der Waals surface area contributed by atoms with Crippen LogP contribution in [0.3, 0.4) is 0 Å². The van der Waals surface area contributed by atoms with Crippen molar-refractivity contribution in [2.24, 2.45) is 5.92 Å². The molecule has 6 heteroatoms.